The third-order valence-corrected chi connectivity index (χ3v) is 5.88. The van der Waals surface area contributed by atoms with Crippen molar-refractivity contribution in [3.63, 3.8) is 0 Å². The Morgan fingerprint density at radius 1 is 1.30 bits per heavy atom. The van der Waals surface area contributed by atoms with E-state index in [-0.39, 0.29) is 0 Å². The number of hydrogen-bond acceptors (Lipinski definition) is 4. The first kappa shape index (κ1) is 17.1. The standard InChI is InChI=1S/C17H26F2N2OS/c1-17(18,19)12-22-16-20-14-11-21(10-8-15(14)23-16)9-7-13-5-3-2-4-6-13/h13H,2-12H2,1H3. The fraction of sp³-hybridized carbons (Fsp3) is 0.824. The van der Waals surface area contributed by atoms with Crippen LogP contribution in [-0.4, -0.2) is 35.5 Å². The van der Waals surface area contributed by atoms with Crippen LogP contribution >= 0.6 is 11.3 Å². The van der Waals surface area contributed by atoms with Crippen molar-refractivity contribution < 1.29 is 13.5 Å². The second-order valence-corrected chi connectivity index (χ2v) is 8.07. The third kappa shape index (κ3) is 5.11. The van der Waals surface area contributed by atoms with Gasteiger partial charge in [0.1, 0.15) is 0 Å². The van der Waals surface area contributed by atoms with Gasteiger partial charge in [0.25, 0.3) is 11.1 Å². The smallest absolute Gasteiger partial charge is 0.278 e. The fourth-order valence-corrected chi connectivity index (χ4v) is 4.42. The molecule has 0 saturated heterocycles. The summed E-state index contributed by atoms with van der Waals surface area (Å²) in [6.07, 6.45) is 9.21. The zero-order valence-corrected chi connectivity index (χ0v) is 14.6. The molecule has 0 aromatic carbocycles. The molecule has 1 aliphatic carbocycles. The number of nitrogens with zero attached hydrogens (tertiary/aromatic N) is 2. The summed E-state index contributed by atoms with van der Waals surface area (Å²) >= 11 is 1.43. The first-order valence-corrected chi connectivity index (χ1v) is 9.53. The van der Waals surface area contributed by atoms with Crippen molar-refractivity contribution in [3.8, 4) is 5.19 Å². The fourth-order valence-electron chi connectivity index (χ4n) is 3.51. The van der Waals surface area contributed by atoms with E-state index in [1.807, 2.05) is 0 Å². The quantitative estimate of drug-likeness (QED) is 0.759. The van der Waals surface area contributed by atoms with Gasteiger partial charge in [-0.2, -0.15) is 0 Å². The summed E-state index contributed by atoms with van der Waals surface area (Å²) in [6.45, 7) is 3.29. The van der Waals surface area contributed by atoms with Crippen LogP contribution in [0.2, 0.25) is 0 Å². The number of ether oxygens (including phenoxy) is 1. The highest BCUT2D eigenvalue weighted by Gasteiger charge is 2.25. The van der Waals surface area contributed by atoms with Crippen LogP contribution in [0.5, 0.6) is 5.19 Å². The zero-order valence-electron chi connectivity index (χ0n) is 13.8. The monoisotopic (exact) mass is 344 g/mol. The molecule has 2 aliphatic rings. The minimum absolute atomic E-state index is 0.394. The number of hydrogen-bond donors (Lipinski definition) is 0. The Bertz CT molecular complexity index is 509. The van der Waals surface area contributed by atoms with E-state index in [0.717, 1.165) is 44.6 Å². The van der Waals surface area contributed by atoms with Crippen LogP contribution in [0.1, 0.15) is 56.0 Å². The Morgan fingerprint density at radius 3 is 2.83 bits per heavy atom. The van der Waals surface area contributed by atoms with Crippen molar-refractivity contribution in [2.45, 2.75) is 64.3 Å². The molecule has 1 aliphatic heterocycles. The second kappa shape index (κ2) is 7.43. The first-order chi connectivity index (χ1) is 11.0. The van der Waals surface area contributed by atoms with Gasteiger partial charge in [0.15, 0.2) is 6.61 Å². The van der Waals surface area contributed by atoms with Crippen molar-refractivity contribution in [2.24, 2.45) is 5.92 Å². The molecule has 1 saturated carbocycles. The Kier molecular flexibility index (Phi) is 5.52. The average Bonchev–Trinajstić information content (AvgIpc) is 2.93. The van der Waals surface area contributed by atoms with Gasteiger partial charge < -0.3 is 4.74 Å². The van der Waals surface area contributed by atoms with Gasteiger partial charge in [-0.05, 0) is 25.3 Å². The van der Waals surface area contributed by atoms with Crippen molar-refractivity contribution in [1.82, 2.24) is 9.88 Å². The lowest BCUT2D eigenvalue weighted by atomic mass is 9.87. The van der Waals surface area contributed by atoms with E-state index in [1.54, 1.807) is 0 Å². The van der Waals surface area contributed by atoms with Gasteiger partial charge in [-0.25, -0.2) is 13.8 Å². The van der Waals surface area contributed by atoms with Crippen molar-refractivity contribution in [3.05, 3.63) is 10.6 Å². The van der Waals surface area contributed by atoms with Gasteiger partial charge in [0.2, 0.25) is 0 Å². The lowest BCUT2D eigenvalue weighted by molar-refractivity contribution is -0.0230. The molecular formula is C17H26F2N2OS. The molecule has 0 unspecified atom stereocenters. The Hall–Kier alpha value is -0.750. The Labute approximate surface area is 141 Å². The molecule has 1 aromatic rings. The molecule has 1 aromatic heterocycles. The summed E-state index contributed by atoms with van der Waals surface area (Å²) in [5.74, 6) is -1.91. The molecule has 2 heterocycles. The van der Waals surface area contributed by atoms with E-state index in [1.165, 1.54) is 54.7 Å². The summed E-state index contributed by atoms with van der Waals surface area (Å²) < 4.78 is 30.9. The third-order valence-electron chi connectivity index (χ3n) is 4.81. The molecule has 0 spiro atoms. The number of aromatic nitrogens is 1. The molecule has 0 N–H and O–H groups in total. The molecule has 0 radical (unpaired) electrons. The van der Waals surface area contributed by atoms with E-state index in [9.17, 15) is 8.78 Å². The molecule has 3 rings (SSSR count). The zero-order chi connectivity index (χ0) is 16.3. The van der Waals surface area contributed by atoms with E-state index in [2.05, 4.69) is 9.88 Å². The van der Waals surface area contributed by atoms with Crippen LogP contribution in [0.3, 0.4) is 0 Å². The largest absolute Gasteiger partial charge is 0.464 e. The molecule has 6 heteroatoms. The maximum Gasteiger partial charge on any atom is 0.278 e. The van der Waals surface area contributed by atoms with Crippen LogP contribution in [0.25, 0.3) is 0 Å². The maximum atomic E-state index is 12.9. The second-order valence-electron chi connectivity index (χ2n) is 7.03. The summed E-state index contributed by atoms with van der Waals surface area (Å²) in [7, 11) is 0. The highest BCUT2D eigenvalue weighted by atomic mass is 32.1. The topological polar surface area (TPSA) is 25.4 Å². The molecule has 130 valence electrons. The predicted molar refractivity (Wildman–Crippen MR) is 88.4 cm³/mol. The lowest BCUT2D eigenvalue weighted by Gasteiger charge is -2.29. The molecular weight excluding hydrogens is 318 g/mol. The van der Waals surface area contributed by atoms with Crippen LogP contribution in [0, 0.1) is 5.92 Å². The summed E-state index contributed by atoms with van der Waals surface area (Å²) in [5.41, 5.74) is 1.03. The normalized spacial score (nSPS) is 20.5. The molecule has 3 nitrogen and oxygen atoms in total. The van der Waals surface area contributed by atoms with Crippen molar-refractivity contribution in [2.75, 3.05) is 19.7 Å². The van der Waals surface area contributed by atoms with E-state index >= 15 is 0 Å². The molecule has 0 amide bonds. The first-order valence-electron chi connectivity index (χ1n) is 8.71. The highest BCUT2D eigenvalue weighted by molar-refractivity contribution is 7.13. The van der Waals surface area contributed by atoms with Gasteiger partial charge in [-0.3, -0.25) is 4.90 Å². The van der Waals surface area contributed by atoms with Crippen LogP contribution in [0.15, 0.2) is 0 Å². The molecule has 0 bridgehead atoms. The minimum Gasteiger partial charge on any atom is -0.464 e. The highest BCUT2D eigenvalue weighted by Crippen LogP contribution is 2.31. The predicted octanol–water partition coefficient (Wildman–Crippen LogP) is 4.51. The maximum absolute atomic E-state index is 12.9. The number of alkyl halides is 2. The summed E-state index contributed by atoms with van der Waals surface area (Å²) in [5, 5.41) is 0.394. The van der Waals surface area contributed by atoms with E-state index in [4.69, 9.17) is 4.74 Å². The molecule has 23 heavy (non-hydrogen) atoms. The molecule has 0 atom stereocenters. The SMILES string of the molecule is CC(F)(F)COc1nc2c(s1)CCN(CCC1CCCCC1)C2. The van der Waals surface area contributed by atoms with E-state index < -0.39 is 12.5 Å². The number of thiazole rings is 1. The lowest BCUT2D eigenvalue weighted by Crippen LogP contribution is -2.32. The van der Waals surface area contributed by atoms with Gasteiger partial charge >= 0.3 is 0 Å². The van der Waals surface area contributed by atoms with Gasteiger partial charge in [0, 0.05) is 24.9 Å². The van der Waals surface area contributed by atoms with Crippen molar-refractivity contribution in [1.29, 1.82) is 0 Å². The number of rotatable bonds is 6. The van der Waals surface area contributed by atoms with Gasteiger partial charge in [-0.15, -0.1) is 0 Å². The number of halogens is 2. The van der Waals surface area contributed by atoms with Crippen LogP contribution in [-0.2, 0) is 13.0 Å². The van der Waals surface area contributed by atoms with Crippen molar-refractivity contribution >= 4 is 11.3 Å². The van der Waals surface area contributed by atoms with Gasteiger partial charge in [0.05, 0.1) is 5.69 Å². The van der Waals surface area contributed by atoms with Crippen LogP contribution in [0.4, 0.5) is 8.78 Å². The van der Waals surface area contributed by atoms with E-state index in [0.29, 0.717) is 5.19 Å². The average molecular weight is 344 g/mol. The summed E-state index contributed by atoms with van der Waals surface area (Å²) in [4.78, 5) is 8.08. The summed E-state index contributed by atoms with van der Waals surface area (Å²) in [6, 6.07) is 0. The Balaban J connectivity index is 1.48. The molecule has 1 fully saturated rings. The minimum atomic E-state index is -2.81. The number of fused-ring (bicyclic) bond motifs is 1. The van der Waals surface area contributed by atoms with Gasteiger partial charge in [-0.1, -0.05) is 43.4 Å². The Morgan fingerprint density at radius 2 is 2.09 bits per heavy atom. The van der Waals surface area contributed by atoms with Crippen LogP contribution < -0.4 is 4.74 Å².